The fourth-order valence-electron chi connectivity index (χ4n) is 5.45. The lowest BCUT2D eigenvalue weighted by Crippen LogP contribution is -2.69. The zero-order valence-corrected chi connectivity index (χ0v) is 19.2. The highest BCUT2D eigenvalue weighted by Crippen LogP contribution is 2.35. The molecule has 1 aromatic rings. The molecule has 2 saturated heterocycles. The Morgan fingerprint density at radius 3 is 2.48 bits per heavy atom. The van der Waals surface area contributed by atoms with E-state index < -0.39 is 0 Å². The van der Waals surface area contributed by atoms with Gasteiger partial charge in [0.2, 0.25) is 5.91 Å². The average Bonchev–Trinajstić information content (AvgIpc) is 3.20. The number of halogens is 2. The van der Waals surface area contributed by atoms with Gasteiger partial charge in [0.1, 0.15) is 0 Å². The second-order valence-electron chi connectivity index (χ2n) is 8.67. The molecule has 3 fully saturated rings. The van der Waals surface area contributed by atoms with Crippen LogP contribution in [0.15, 0.2) is 18.2 Å². The fraction of sp³-hybridized carbons (Fsp3) is 0.636. The summed E-state index contributed by atoms with van der Waals surface area (Å²) in [6.07, 6.45) is 3.05. The molecule has 31 heavy (non-hydrogen) atoms. The molecule has 4 atom stereocenters. The Morgan fingerprint density at radius 2 is 1.81 bits per heavy atom. The zero-order chi connectivity index (χ0) is 22.1. The van der Waals surface area contributed by atoms with Gasteiger partial charge in [0.25, 0.3) is 0 Å². The molecule has 0 bridgehead atoms. The molecule has 1 aliphatic carbocycles. The number of nitrogens with zero attached hydrogens (tertiary/aromatic N) is 3. The summed E-state index contributed by atoms with van der Waals surface area (Å²) in [6, 6.07) is 5.17. The van der Waals surface area contributed by atoms with Crippen LogP contribution in [0.4, 0.5) is 4.79 Å². The van der Waals surface area contributed by atoms with Crippen LogP contribution < -0.4 is 0 Å². The van der Waals surface area contributed by atoms with Crippen LogP contribution in [-0.4, -0.2) is 89.3 Å². The molecule has 0 radical (unpaired) electrons. The Labute approximate surface area is 192 Å². The summed E-state index contributed by atoms with van der Waals surface area (Å²) in [5.74, 6) is 0.0181. The van der Waals surface area contributed by atoms with Crippen molar-refractivity contribution in [3.05, 3.63) is 33.8 Å². The van der Waals surface area contributed by atoms with Gasteiger partial charge in [-0.15, -0.1) is 0 Å². The van der Waals surface area contributed by atoms with Crippen molar-refractivity contribution in [3.8, 4) is 0 Å². The van der Waals surface area contributed by atoms with Crippen LogP contribution in [0.1, 0.15) is 31.2 Å². The van der Waals surface area contributed by atoms with Crippen LogP contribution in [-0.2, 0) is 16.0 Å². The van der Waals surface area contributed by atoms with E-state index in [1.165, 1.54) is 7.11 Å². The zero-order valence-electron chi connectivity index (χ0n) is 17.7. The van der Waals surface area contributed by atoms with Crippen molar-refractivity contribution in [1.29, 1.82) is 0 Å². The molecule has 1 aromatic carbocycles. The van der Waals surface area contributed by atoms with Crippen molar-refractivity contribution in [2.45, 2.75) is 56.3 Å². The van der Waals surface area contributed by atoms with Crippen LogP contribution in [0.2, 0.25) is 10.0 Å². The maximum absolute atomic E-state index is 13.4. The van der Waals surface area contributed by atoms with Crippen LogP contribution in [0, 0.1) is 0 Å². The van der Waals surface area contributed by atoms with E-state index in [9.17, 15) is 14.7 Å². The number of carbonyl (C=O) groups excluding carboxylic acids is 2. The largest absolute Gasteiger partial charge is 0.453 e. The average molecular weight is 470 g/mol. The third-order valence-corrected chi connectivity index (χ3v) is 7.60. The number of carbonyl (C=O) groups is 2. The highest BCUT2D eigenvalue weighted by Gasteiger charge is 2.49. The summed E-state index contributed by atoms with van der Waals surface area (Å²) < 4.78 is 5.04. The number of methoxy groups -OCH3 is 1. The van der Waals surface area contributed by atoms with E-state index in [4.69, 9.17) is 27.9 Å². The van der Waals surface area contributed by atoms with E-state index in [1.54, 1.807) is 17.0 Å². The molecule has 170 valence electrons. The highest BCUT2D eigenvalue weighted by atomic mass is 35.5. The maximum atomic E-state index is 13.4. The lowest BCUT2D eigenvalue weighted by molar-refractivity contribution is -0.142. The van der Waals surface area contributed by atoms with E-state index in [1.807, 2.05) is 11.0 Å². The number of hydrogen-bond acceptors (Lipinski definition) is 5. The minimum absolute atomic E-state index is 0.0181. The van der Waals surface area contributed by atoms with Crippen LogP contribution in [0.25, 0.3) is 0 Å². The summed E-state index contributed by atoms with van der Waals surface area (Å²) in [4.78, 5) is 31.9. The third kappa shape index (κ3) is 4.65. The standard InChI is InChI=1S/C22H29Cl2N3O4/c1-31-22(30)26-9-10-27(20(29)12-14-5-6-16(23)17(24)11-14)21-18(3-2-4-19(21)26)25-8-7-15(28)13-25/h5-6,11,15,18-19,21,28H,2-4,7-10,12-13H2,1H3/t15?,18-,19-,21+/m1/s1. The minimum atomic E-state index is -0.339. The summed E-state index contributed by atoms with van der Waals surface area (Å²) in [5.41, 5.74) is 0.815. The van der Waals surface area contributed by atoms with Crippen molar-refractivity contribution in [2.24, 2.45) is 0 Å². The topological polar surface area (TPSA) is 73.3 Å². The fourth-order valence-corrected chi connectivity index (χ4v) is 5.77. The number of aliphatic hydroxyl groups is 1. The number of piperazine rings is 1. The number of rotatable bonds is 3. The number of amides is 2. The Balaban J connectivity index is 1.60. The minimum Gasteiger partial charge on any atom is -0.453 e. The molecule has 4 rings (SSSR count). The number of aliphatic hydroxyl groups excluding tert-OH is 1. The molecule has 0 spiro atoms. The summed E-state index contributed by atoms with van der Waals surface area (Å²) in [5, 5.41) is 11.0. The van der Waals surface area contributed by atoms with Crippen LogP contribution in [0.3, 0.4) is 0 Å². The number of benzene rings is 1. The highest BCUT2D eigenvalue weighted by molar-refractivity contribution is 6.42. The SMILES string of the molecule is COC(=O)N1CCN(C(=O)Cc2ccc(Cl)c(Cl)c2)[C@H]2[C@H](N3CCC(O)C3)CCC[C@H]21. The normalized spacial score (nSPS) is 29.0. The van der Waals surface area contributed by atoms with Gasteiger partial charge in [0.05, 0.1) is 41.8 Å². The second-order valence-corrected chi connectivity index (χ2v) is 9.48. The summed E-state index contributed by atoms with van der Waals surface area (Å²) in [7, 11) is 1.40. The number of β-amino-alcohol motifs (C(OH)–C–C–N with tert-alkyl or cyclic N) is 1. The van der Waals surface area contributed by atoms with Crippen molar-refractivity contribution in [3.63, 3.8) is 0 Å². The quantitative estimate of drug-likeness (QED) is 0.736. The number of hydrogen-bond donors (Lipinski definition) is 1. The van der Waals surface area contributed by atoms with Gasteiger partial charge in [-0.3, -0.25) is 9.69 Å². The Hall–Kier alpha value is -1.54. The van der Waals surface area contributed by atoms with E-state index in [0.717, 1.165) is 37.8 Å². The predicted octanol–water partition coefficient (Wildman–Crippen LogP) is 2.80. The van der Waals surface area contributed by atoms with Gasteiger partial charge in [-0.05, 0) is 43.4 Å². The van der Waals surface area contributed by atoms with Crippen molar-refractivity contribution < 1.29 is 19.4 Å². The molecule has 0 aromatic heterocycles. The third-order valence-electron chi connectivity index (χ3n) is 6.86. The molecular formula is C22H29Cl2N3O4. The molecule has 9 heteroatoms. The van der Waals surface area contributed by atoms with E-state index in [0.29, 0.717) is 29.7 Å². The number of fused-ring (bicyclic) bond motifs is 1. The molecule has 3 aliphatic rings. The van der Waals surface area contributed by atoms with Gasteiger partial charge in [0.15, 0.2) is 0 Å². The molecule has 1 saturated carbocycles. The Kier molecular flexibility index (Phi) is 6.96. The Bertz CT molecular complexity index is 839. The van der Waals surface area contributed by atoms with Gasteiger partial charge in [-0.2, -0.15) is 0 Å². The molecule has 1 N–H and O–H groups in total. The lowest BCUT2D eigenvalue weighted by atomic mass is 9.81. The van der Waals surface area contributed by atoms with Gasteiger partial charge in [-0.1, -0.05) is 29.3 Å². The molecule has 7 nitrogen and oxygen atoms in total. The van der Waals surface area contributed by atoms with Gasteiger partial charge in [-0.25, -0.2) is 4.79 Å². The van der Waals surface area contributed by atoms with Crippen LogP contribution in [0.5, 0.6) is 0 Å². The van der Waals surface area contributed by atoms with Gasteiger partial charge < -0.3 is 19.6 Å². The van der Waals surface area contributed by atoms with E-state index >= 15 is 0 Å². The van der Waals surface area contributed by atoms with Crippen molar-refractivity contribution >= 4 is 35.2 Å². The summed E-state index contributed by atoms with van der Waals surface area (Å²) in [6.45, 7) is 2.34. The molecule has 1 unspecified atom stereocenters. The lowest BCUT2D eigenvalue weighted by Gasteiger charge is -2.54. The molecular weight excluding hydrogens is 441 g/mol. The first kappa shape index (κ1) is 22.6. The predicted molar refractivity (Wildman–Crippen MR) is 118 cm³/mol. The van der Waals surface area contributed by atoms with E-state index in [-0.39, 0.29) is 42.7 Å². The van der Waals surface area contributed by atoms with Crippen molar-refractivity contribution in [1.82, 2.24) is 14.7 Å². The van der Waals surface area contributed by atoms with Crippen LogP contribution >= 0.6 is 23.2 Å². The smallest absolute Gasteiger partial charge is 0.409 e. The molecule has 2 amide bonds. The second kappa shape index (κ2) is 9.53. The maximum Gasteiger partial charge on any atom is 0.409 e. The molecule has 2 heterocycles. The Morgan fingerprint density at radius 1 is 1.06 bits per heavy atom. The number of likely N-dealkylation sites (tertiary alicyclic amines) is 1. The first-order valence-electron chi connectivity index (χ1n) is 10.9. The monoisotopic (exact) mass is 469 g/mol. The summed E-state index contributed by atoms with van der Waals surface area (Å²) >= 11 is 12.2. The van der Waals surface area contributed by atoms with Gasteiger partial charge >= 0.3 is 6.09 Å². The first-order chi connectivity index (χ1) is 14.9. The molecule has 2 aliphatic heterocycles. The number of ether oxygens (including phenoxy) is 1. The first-order valence-corrected chi connectivity index (χ1v) is 11.6. The van der Waals surface area contributed by atoms with E-state index in [2.05, 4.69) is 4.90 Å². The van der Waals surface area contributed by atoms with Crippen molar-refractivity contribution in [2.75, 3.05) is 33.3 Å². The van der Waals surface area contributed by atoms with Gasteiger partial charge in [0, 0.05) is 32.2 Å².